The second kappa shape index (κ2) is 17.8. The zero-order valence-electron chi connectivity index (χ0n) is 30.7. The number of nitrogens with zero attached hydrogens (tertiary/aromatic N) is 4. The van der Waals surface area contributed by atoms with Crippen molar-refractivity contribution in [3.63, 3.8) is 0 Å². The normalized spacial score (nSPS) is 15.5. The zero-order chi connectivity index (χ0) is 38.9. The van der Waals surface area contributed by atoms with E-state index in [1.807, 2.05) is 41.5 Å². The topological polar surface area (TPSA) is 198 Å². The number of benzene rings is 1. The molecular formula is C35H47FN8O7S2. The predicted molar refractivity (Wildman–Crippen MR) is 200 cm³/mol. The molecule has 2 aliphatic rings. The number of carbonyl (C=O) groups is 5. The number of ether oxygens (including phenoxy) is 2. The van der Waals surface area contributed by atoms with Crippen molar-refractivity contribution in [1.82, 2.24) is 30.4 Å². The monoisotopic (exact) mass is 774 g/mol. The minimum absolute atomic E-state index is 0.0362. The number of amides is 5. The molecule has 5 N–H and O–H groups in total. The van der Waals surface area contributed by atoms with E-state index >= 15 is 0 Å². The zero-order valence-corrected chi connectivity index (χ0v) is 32.3. The van der Waals surface area contributed by atoms with Gasteiger partial charge in [0.25, 0.3) is 17.7 Å². The molecule has 53 heavy (non-hydrogen) atoms. The molecule has 0 bridgehead atoms. The van der Waals surface area contributed by atoms with E-state index in [4.69, 9.17) is 15.2 Å². The summed E-state index contributed by atoms with van der Waals surface area (Å²) in [5.74, 6) is -1.42. The Hall–Kier alpha value is -4.84. The number of hydrogen-bond donors (Lipinski definition) is 4. The molecule has 0 saturated carbocycles. The molecule has 0 atom stereocenters. The predicted octanol–water partition coefficient (Wildman–Crippen LogP) is 5.52. The number of halogens is 1. The Balaban J connectivity index is 0.000000251. The summed E-state index contributed by atoms with van der Waals surface area (Å²) >= 11 is 2.37. The number of carbonyl (C=O) groups excluding carboxylic acids is 5. The highest BCUT2D eigenvalue weighted by Gasteiger charge is 2.29. The highest BCUT2D eigenvalue weighted by atomic mass is 32.1. The molecule has 3 aromatic rings. The van der Waals surface area contributed by atoms with Crippen molar-refractivity contribution in [1.29, 1.82) is 0 Å². The van der Waals surface area contributed by atoms with Crippen LogP contribution in [0.4, 0.5) is 24.2 Å². The summed E-state index contributed by atoms with van der Waals surface area (Å²) < 4.78 is 23.7. The molecule has 2 saturated heterocycles. The van der Waals surface area contributed by atoms with Gasteiger partial charge in [-0.15, -0.1) is 22.7 Å². The van der Waals surface area contributed by atoms with Crippen LogP contribution in [0.1, 0.15) is 98.6 Å². The molecule has 0 spiro atoms. The van der Waals surface area contributed by atoms with Crippen molar-refractivity contribution < 1.29 is 37.8 Å². The quantitative estimate of drug-likeness (QED) is 0.248. The van der Waals surface area contributed by atoms with Crippen molar-refractivity contribution in [3.05, 3.63) is 57.8 Å². The summed E-state index contributed by atoms with van der Waals surface area (Å²) in [6, 6.07) is 5.10. The maximum absolute atomic E-state index is 13.0. The fourth-order valence-corrected chi connectivity index (χ4v) is 6.41. The first kappa shape index (κ1) is 40.9. The summed E-state index contributed by atoms with van der Waals surface area (Å²) in [4.78, 5) is 72.2. The maximum atomic E-state index is 13.0. The highest BCUT2D eigenvalue weighted by Crippen LogP contribution is 2.20. The van der Waals surface area contributed by atoms with E-state index in [0.29, 0.717) is 68.3 Å². The average Bonchev–Trinajstić information content (AvgIpc) is 3.74. The van der Waals surface area contributed by atoms with Crippen LogP contribution in [-0.4, -0.2) is 99.1 Å². The number of rotatable bonds is 6. The lowest BCUT2D eigenvalue weighted by molar-refractivity contribution is 0.0187. The first-order chi connectivity index (χ1) is 24.8. The van der Waals surface area contributed by atoms with E-state index in [1.165, 1.54) is 35.6 Å². The molecular weight excluding hydrogens is 728 g/mol. The number of likely N-dealkylation sites (tertiary alicyclic amines) is 2. The molecule has 0 radical (unpaired) electrons. The lowest BCUT2D eigenvalue weighted by Crippen LogP contribution is -2.47. The van der Waals surface area contributed by atoms with Gasteiger partial charge in [-0.05, 0) is 91.5 Å². The van der Waals surface area contributed by atoms with Gasteiger partial charge < -0.3 is 35.6 Å². The summed E-state index contributed by atoms with van der Waals surface area (Å²) in [6.07, 6.45) is 1.98. The molecule has 5 amide bonds. The van der Waals surface area contributed by atoms with Crippen LogP contribution in [0.15, 0.2) is 35.0 Å². The highest BCUT2D eigenvalue weighted by molar-refractivity contribution is 7.14. The van der Waals surface area contributed by atoms with Crippen LogP contribution >= 0.6 is 22.7 Å². The number of piperidine rings is 2. The largest absolute Gasteiger partial charge is 0.444 e. The Morgan fingerprint density at radius 2 is 1.15 bits per heavy atom. The van der Waals surface area contributed by atoms with Crippen LogP contribution < -0.4 is 21.7 Å². The van der Waals surface area contributed by atoms with Crippen molar-refractivity contribution in [3.8, 4) is 0 Å². The molecule has 1 aromatic carbocycles. The van der Waals surface area contributed by atoms with Gasteiger partial charge in [-0.2, -0.15) is 0 Å². The molecule has 2 aromatic heterocycles. The molecule has 2 fully saturated rings. The van der Waals surface area contributed by atoms with Gasteiger partial charge in [-0.1, -0.05) is 0 Å². The number of nitrogens with two attached hydrogens (primary N) is 1. The third kappa shape index (κ3) is 13.3. The molecule has 0 aliphatic carbocycles. The number of hydrogen-bond acceptors (Lipinski definition) is 12. The van der Waals surface area contributed by atoms with Crippen LogP contribution in [0.2, 0.25) is 0 Å². The third-order valence-corrected chi connectivity index (χ3v) is 9.21. The van der Waals surface area contributed by atoms with E-state index in [1.54, 1.807) is 20.6 Å². The minimum atomic E-state index is -0.545. The van der Waals surface area contributed by atoms with Gasteiger partial charge in [0.1, 0.15) is 28.4 Å². The van der Waals surface area contributed by atoms with Crippen molar-refractivity contribution in [2.24, 2.45) is 0 Å². The first-order valence-electron chi connectivity index (χ1n) is 17.2. The smallest absolute Gasteiger partial charge is 0.410 e. The van der Waals surface area contributed by atoms with E-state index in [2.05, 4.69) is 25.9 Å². The third-order valence-electron chi connectivity index (χ3n) is 7.78. The SMILES string of the molecule is CC(C)(C)OC(=O)N1CCC(NC(=O)c2csc(N)n2)CC1.CC(C)(C)OC(=O)N1CCC(NC(=O)c2csc(NC(=O)c3ccc(F)cc3)n2)CC1. The maximum Gasteiger partial charge on any atom is 0.410 e. The van der Waals surface area contributed by atoms with Gasteiger partial charge in [-0.25, -0.2) is 23.9 Å². The lowest BCUT2D eigenvalue weighted by atomic mass is 10.1. The Labute approximate surface area is 315 Å². The van der Waals surface area contributed by atoms with E-state index < -0.39 is 22.9 Å². The van der Waals surface area contributed by atoms with Gasteiger partial charge >= 0.3 is 12.2 Å². The van der Waals surface area contributed by atoms with Gasteiger partial charge in [0, 0.05) is 54.6 Å². The summed E-state index contributed by atoms with van der Waals surface area (Å²) in [5, 5.41) is 12.3. The van der Waals surface area contributed by atoms with Crippen molar-refractivity contribution in [2.75, 3.05) is 37.2 Å². The lowest BCUT2D eigenvalue weighted by Gasteiger charge is -2.33. The second-order valence-corrected chi connectivity index (χ2v) is 16.2. The summed E-state index contributed by atoms with van der Waals surface area (Å²) in [6.45, 7) is 13.1. The average molecular weight is 775 g/mol. The molecule has 288 valence electrons. The molecule has 2 aliphatic heterocycles. The molecule has 18 heteroatoms. The number of anilines is 2. The number of nitrogens with one attached hydrogen (secondary N) is 3. The number of aromatic nitrogens is 2. The van der Waals surface area contributed by atoms with E-state index in [-0.39, 0.29) is 46.9 Å². The number of nitrogen functional groups attached to an aromatic ring is 1. The molecule has 4 heterocycles. The summed E-state index contributed by atoms with van der Waals surface area (Å²) in [5.41, 5.74) is 5.32. The second-order valence-electron chi connectivity index (χ2n) is 14.5. The van der Waals surface area contributed by atoms with Crippen LogP contribution in [0.25, 0.3) is 0 Å². The van der Waals surface area contributed by atoms with E-state index in [0.717, 1.165) is 11.3 Å². The number of thiazole rings is 2. The van der Waals surface area contributed by atoms with Crippen molar-refractivity contribution >= 4 is 62.8 Å². The Morgan fingerprint density at radius 3 is 1.57 bits per heavy atom. The Morgan fingerprint density at radius 1 is 0.717 bits per heavy atom. The van der Waals surface area contributed by atoms with Crippen LogP contribution in [0.5, 0.6) is 0 Å². The molecule has 5 rings (SSSR count). The van der Waals surface area contributed by atoms with Crippen LogP contribution in [0, 0.1) is 5.82 Å². The Kier molecular flexibility index (Phi) is 13.7. The Bertz CT molecular complexity index is 1740. The minimum Gasteiger partial charge on any atom is -0.444 e. The van der Waals surface area contributed by atoms with Gasteiger partial charge in [0.15, 0.2) is 10.3 Å². The van der Waals surface area contributed by atoms with Crippen LogP contribution in [0.3, 0.4) is 0 Å². The van der Waals surface area contributed by atoms with Gasteiger partial charge in [-0.3, -0.25) is 19.7 Å². The fourth-order valence-electron chi connectivity index (χ4n) is 5.18. The standard InChI is InChI=1S/C21H25FN4O4S.C14H22N4O3S/c1-21(2,3)30-20(29)26-10-8-15(9-11-26)23-18(28)16-12-31-19(24-16)25-17(27)13-4-6-14(22)7-5-13;1-14(2,3)21-13(20)18-6-4-9(5-7-18)16-11(19)10-8-22-12(15)17-10/h4-7,12,15H,8-11H2,1-3H3,(H,23,28)(H,24,25,27);8-9H,4-7H2,1-3H3,(H2,15,17)(H,16,19). The first-order valence-corrected chi connectivity index (χ1v) is 18.9. The molecule has 15 nitrogen and oxygen atoms in total. The summed E-state index contributed by atoms with van der Waals surface area (Å²) in [7, 11) is 0. The van der Waals surface area contributed by atoms with Crippen LogP contribution in [-0.2, 0) is 9.47 Å². The van der Waals surface area contributed by atoms with Gasteiger partial charge in [0.2, 0.25) is 0 Å². The molecule has 0 unspecified atom stereocenters. The van der Waals surface area contributed by atoms with E-state index in [9.17, 15) is 28.4 Å². The fraction of sp³-hybridized carbons (Fsp3) is 0.514. The van der Waals surface area contributed by atoms with Gasteiger partial charge in [0.05, 0.1) is 0 Å². The van der Waals surface area contributed by atoms with Crippen molar-refractivity contribution in [2.45, 2.75) is 90.5 Å².